The van der Waals surface area contributed by atoms with Crippen molar-refractivity contribution in [3.8, 4) is 0 Å². The van der Waals surface area contributed by atoms with Gasteiger partial charge < -0.3 is 19.4 Å². The summed E-state index contributed by atoms with van der Waals surface area (Å²) in [5.41, 5.74) is 0.952. The molecule has 7 heteroatoms. The molecule has 0 atom stereocenters. The second-order valence-electron chi connectivity index (χ2n) is 6.01. The minimum Gasteiger partial charge on any atom is -0.378 e. The Morgan fingerprint density at radius 2 is 1.42 bits per heavy atom. The summed E-state index contributed by atoms with van der Waals surface area (Å²) in [6, 6.07) is 6.37. The van der Waals surface area contributed by atoms with E-state index in [1.165, 1.54) is 12.1 Å². The topological polar surface area (TPSA) is 53.1 Å². The Bertz CT molecular complexity index is 579. The van der Waals surface area contributed by atoms with Crippen LogP contribution in [0.15, 0.2) is 24.3 Å². The number of carbonyl (C=O) groups is 2. The van der Waals surface area contributed by atoms with Gasteiger partial charge in [-0.25, -0.2) is 4.39 Å². The van der Waals surface area contributed by atoms with Crippen molar-refractivity contribution in [2.24, 2.45) is 0 Å². The Balaban J connectivity index is 1.48. The van der Waals surface area contributed by atoms with Crippen LogP contribution in [0.25, 0.3) is 0 Å². The molecule has 24 heavy (non-hydrogen) atoms. The van der Waals surface area contributed by atoms with Gasteiger partial charge in [0.1, 0.15) is 12.2 Å². The lowest BCUT2D eigenvalue weighted by Gasteiger charge is -2.36. The fourth-order valence-electron chi connectivity index (χ4n) is 3.03. The first-order chi connectivity index (χ1) is 11.6. The summed E-state index contributed by atoms with van der Waals surface area (Å²) in [4.78, 5) is 30.0. The number of rotatable bonds is 3. The predicted octanol–water partition coefficient (Wildman–Crippen LogP) is 0.723. The summed E-state index contributed by atoms with van der Waals surface area (Å²) >= 11 is 0. The highest BCUT2D eigenvalue weighted by atomic mass is 19.1. The van der Waals surface area contributed by atoms with Gasteiger partial charge >= 0.3 is 0 Å². The number of hydrogen-bond donors (Lipinski definition) is 0. The van der Waals surface area contributed by atoms with Gasteiger partial charge in [-0.05, 0) is 24.3 Å². The Morgan fingerprint density at radius 1 is 0.875 bits per heavy atom. The fourth-order valence-corrected chi connectivity index (χ4v) is 3.03. The second-order valence-corrected chi connectivity index (χ2v) is 6.01. The van der Waals surface area contributed by atoms with Crippen LogP contribution in [0.2, 0.25) is 0 Å². The number of halogens is 1. The van der Waals surface area contributed by atoms with E-state index in [9.17, 15) is 14.0 Å². The van der Waals surface area contributed by atoms with Crippen LogP contribution in [-0.2, 0) is 14.3 Å². The van der Waals surface area contributed by atoms with Crippen LogP contribution in [0.5, 0.6) is 0 Å². The van der Waals surface area contributed by atoms with E-state index in [0.29, 0.717) is 52.5 Å². The number of nitrogens with zero attached hydrogens (tertiary/aromatic N) is 3. The van der Waals surface area contributed by atoms with Gasteiger partial charge in [0.15, 0.2) is 0 Å². The lowest BCUT2D eigenvalue weighted by Crippen LogP contribution is -2.50. The van der Waals surface area contributed by atoms with Crippen molar-refractivity contribution in [3.63, 3.8) is 0 Å². The minimum atomic E-state index is -0.255. The molecule has 0 radical (unpaired) electrons. The van der Waals surface area contributed by atoms with Crippen molar-refractivity contribution < 1.29 is 18.7 Å². The molecule has 2 aliphatic heterocycles. The molecule has 0 aliphatic carbocycles. The summed E-state index contributed by atoms with van der Waals surface area (Å²) in [5, 5.41) is 0. The molecule has 2 amide bonds. The molecule has 0 bridgehead atoms. The first-order valence-electron chi connectivity index (χ1n) is 8.27. The highest BCUT2D eigenvalue weighted by Gasteiger charge is 2.25. The quantitative estimate of drug-likeness (QED) is 0.764. The maximum absolute atomic E-state index is 13.0. The average molecular weight is 335 g/mol. The lowest BCUT2D eigenvalue weighted by molar-refractivity contribution is -0.143. The Labute approximate surface area is 140 Å². The SMILES string of the molecule is O=C(CC(=O)N1CCN(c2ccc(F)cc2)CC1)N1CCOCC1. The average Bonchev–Trinajstić information content (AvgIpc) is 2.63. The molecule has 130 valence electrons. The van der Waals surface area contributed by atoms with Crippen molar-refractivity contribution in [1.82, 2.24) is 9.80 Å². The Morgan fingerprint density at radius 3 is 2.00 bits per heavy atom. The van der Waals surface area contributed by atoms with Gasteiger partial charge in [-0.1, -0.05) is 0 Å². The van der Waals surface area contributed by atoms with Crippen LogP contribution in [0, 0.1) is 5.82 Å². The molecular formula is C17H22FN3O3. The van der Waals surface area contributed by atoms with E-state index in [0.717, 1.165) is 5.69 Å². The number of carbonyl (C=O) groups excluding carboxylic acids is 2. The molecule has 3 rings (SSSR count). The summed E-state index contributed by atoms with van der Waals surface area (Å²) in [6.07, 6.45) is -0.0729. The zero-order chi connectivity index (χ0) is 16.9. The van der Waals surface area contributed by atoms with Gasteiger partial charge in [-0.2, -0.15) is 0 Å². The smallest absolute Gasteiger partial charge is 0.232 e. The standard InChI is InChI=1S/C17H22FN3O3/c18-14-1-3-15(4-2-14)19-5-7-20(8-6-19)16(22)13-17(23)21-9-11-24-12-10-21/h1-4H,5-13H2. The Kier molecular flexibility index (Phi) is 5.30. The van der Waals surface area contributed by atoms with E-state index in [-0.39, 0.29) is 24.1 Å². The van der Waals surface area contributed by atoms with Crippen molar-refractivity contribution in [1.29, 1.82) is 0 Å². The van der Waals surface area contributed by atoms with Gasteiger partial charge in [0.2, 0.25) is 11.8 Å². The van der Waals surface area contributed by atoms with Crippen molar-refractivity contribution in [3.05, 3.63) is 30.1 Å². The molecule has 2 saturated heterocycles. The number of amides is 2. The number of piperazine rings is 1. The minimum absolute atomic E-state index is 0.0729. The van der Waals surface area contributed by atoms with Crippen LogP contribution in [0.3, 0.4) is 0 Å². The van der Waals surface area contributed by atoms with Gasteiger partial charge in [-0.3, -0.25) is 9.59 Å². The van der Waals surface area contributed by atoms with E-state index in [1.807, 2.05) is 0 Å². The predicted molar refractivity (Wildman–Crippen MR) is 87.2 cm³/mol. The van der Waals surface area contributed by atoms with Crippen LogP contribution in [0.1, 0.15) is 6.42 Å². The molecule has 2 heterocycles. The largest absolute Gasteiger partial charge is 0.378 e. The van der Waals surface area contributed by atoms with Crippen LogP contribution < -0.4 is 4.90 Å². The molecule has 0 spiro atoms. The third-order valence-corrected chi connectivity index (χ3v) is 4.49. The third kappa shape index (κ3) is 4.03. The summed E-state index contributed by atoms with van der Waals surface area (Å²) in [7, 11) is 0. The van der Waals surface area contributed by atoms with E-state index in [1.54, 1.807) is 21.9 Å². The molecule has 0 N–H and O–H groups in total. The molecule has 1 aromatic carbocycles. The van der Waals surface area contributed by atoms with Crippen LogP contribution >= 0.6 is 0 Å². The summed E-state index contributed by atoms with van der Waals surface area (Å²) in [5.74, 6) is -0.497. The normalized spacial score (nSPS) is 18.6. The van der Waals surface area contributed by atoms with Crippen molar-refractivity contribution >= 4 is 17.5 Å². The number of anilines is 1. The number of ether oxygens (including phenoxy) is 1. The number of hydrogen-bond acceptors (Lipinski definition) is 4. The zero-order valence-electron chi connectivity index (χ0n) is 13.6. The van der Waals surface area contributed by atoms with Crippen LogP contribution in [0.4, 0.5) is 10.1 Å². The lowest BCUT2D eigenvalue weighted by atomic mass is 10.2. The van der Waals surface area contributed by atoms with Gasteiger partial charge in [0, 0.05) is 45.0 Å². The number of benzene rings is 1. The maximum atomic E-state index is 13.0. The molecule has 0 saturated carbocycles. The summed E-state index contributed by atoms with van der Waals surface area (Å²) < 4.78 is 18.2. The van der Waals surface area contributed by atoms with Gasteiger partial charge in [0.25, 0.3) is 0 Å². The fraction of sp³-hybridized carbons (Fsp3) is 0.529. The molecule has 2 fully saturated rings. The first kappa shape index (κ1) is 16.7. The highest BCUT2D eigenvalue weighted by Crippen LogP contribution is 2.17. The van der Waals surface area contributed by atoms with Crippen LogP contribution in [-0.4, -0.2) is 74.1 Å². The Hall–Kier alpha value is -2.15. The molecular weight excluding hydrogens is 313 g/mol. The van der Waals surface area contributed by atoms with E-state index < -0.39 is 0 Å². The first-order valence-corrected chi connectivity index (χ1v) is 8.27. The molecule has 6 nitrogen and oxygen atoms in total. The molecule has 1 aromatic rings. The molecule has 0 unspecified atom stereocenters. The molecule has 2 aliphatic rings. The monoisotopic (exact) mass is 335 g/mol. The van der Waals surface area contributed by atoms with Crippen molar-refractivity contribution in [2.75, 3.05) is 57.4 Å². The highest BCUT2D eigenvalue weighted by molar-refractivity contribution is 5.97. The zero-order valence-corrected chi connectivity index (χ0v) is 13.6. The summed E-state index contributed by atoms with van der Waals surface area (Å²) in [6.45, 7) is 4.72. The van der Waals surface area contributed by atoms with E-state index in [2.05, 4.69) is 4.90 Å². The molecule has 0 aromatic heterocycles. The van der Waals surface area contributed by atoms with E-state index in [4.69, 9.17) is 4.74 Å². The van der Waals surface area contributed by atoms with Gasteiger partial charge in [-0.15, -0.1) is 0 Å². The van der Waals surface area contributed by atoms with E-state index >= 15 is 0 Å². The second kappa shape index (κ2) is 7.61. The van der Waals surface area contributed by atoms with Crippen molar-refractivity contribution in [2.45, 2.75) is 6.42 Å². The number of morpholine rings is 1. The third-order valence-electron chi connectivity index (χ3n) is 4.49. The van der Waals surface area contributed by atoms with Gasteiger partial charge in [0.05, 0.1) is 13.2 Å². The maximum Gasteiger partial charge on any atom is 0.232 e.